The highest BCUT2D eigenvalue weighted by Gasteiger charge is 2.22. The van der Waals surface area contributed by atoms with Gasteiger partial charge in [0, 0.05) is 12.6 Å². The van der Waals surface area contributed by atoms with E-state index >= 15 is 0 Å². The quantitative estimate of drug-likeness (QED) is 0.426. The van der Waals surface area contributed by atoms with Crippen LogP contribution in [0.4, 0.5) is 5.69 Å². The fourth-order valence-electron chi connectivity index (χ4n) is 1.71. The topological polar surface area (TPSA) is 107 Å². The molecule has 0 spiro atoms. The zero-order chi connectivity index (χ0) is 15.0. The van der Waals surface area contributed by atoms with Crippen molar-refractivity contribution in [1.29, 1.82) is 0 Å². The fourth-order valence-corrected chi connectivity index (χ4v) is 1.71. The molecular weight excluding hydrogens is 262 g/mol. The van der Waals surface area contributed by atoms with E-state index in [0.717, 1.165) is 12.8 Å². The first-order valence-corrected chi connectivity index (χ1v) is 6.50. The van der Waals surface area contributed by atoms with Gasteiger partial charge in [-0.3, -0.25) is 14.9 Å². The van der Waals surface area contributed by atoms with Crippen molar-refractivity contribution in [2.24, 2.45) is 5.73 Å². The SMILES string of the molecule is CCOc1c(C(=O)NCCCCN)cccc1[N+](=O)[O-]. The lowest BCUT2D eigenvalue weighted by Crippen LogP contribution is -2.25. The van der Waals surface area contributed by atoms with Gasteiger partial charge in [0.1, 0.15) is 0 Å². The Morgan fingerprint density at radius 3 is 2.80 bits per heavy atom. The number of amides is 1. The summed E-state index contributed by atoms with van der Waals surface area (Å²) in [7, 11) is 0. The van der Waals surface area contributed by atoms with E-state index in [1.165, 1.54) is 18.2 Å². The van der Waals surface area contributed by atoms with Crippen molar-refractivity contribution < 1.29 is 14.5 Å². The van der Waals surface area contributed by atoms with Crippen LogP contribution < -0.4 is 15.8 Å². The molecule has 0 aliphatic heterocycles. The van der Waals surface area contributed by atoms with Gasteiger partial charge in [0.2, 0.25) is 5.75 Å². The Morgan fingerprint density at radius 1 is 1.45 bits per heavy atom. The molecule has 0 fully saturated rings. The second-order valence-electron chi connectivity index (χ2n) is 4.10. The van der Waals surface area contributed by atoms with Gasteiger partial charge < -0.3 is 15.8 Å². The minimum absolute atomic E-state index is 0.0105. The van der Waals surface area contributed by atoms with Gasteiger partial charge in [0.25, 0.3) is 5.91 Å². The Kier molecular flexibility index (Phi) is 6.45. The molecule has 1 aromatic carbocycles. The van der Waals surface area contributed by atoms with Crippen LogP contribution in [-0.4, -0.2) is 30.5 Å². The summed E-state index contributed by atoms with van der Waals surface area (Å²) in [6.07, 6.45) is 1.58. The number of benzene rings is 1. The molecule has 0 atom stereocenters. The molecule has 0 bridgehead atoms. The first-order chi connectivity index (χ1) is 9.61. The van der Waals surface area contributed by atoms with Gasteiger partial charge in [-0.25, -0.2) is 0 Å². The monoisotopic (exact) mass is 281 g/mol. The van der Waals surface area contributed by atoms with Gasteiger partial charge in [-0.2, -0.15) is 0 Å². The molecule has 1 rings (SSSR count). The molecule has 0 unspecified atom stereocenters. The summed E-state index contributed by atoms with van der Waals surface area (Å²) in [5.74, 6) is -0.370. The third kappa shape index (κ3) is 4.20. The van der Waals surface area contributed by atoms with Crippen molar-refractivity contribution in [3.63, 3.8) is 0 Å². The van der Waals surface area contributed by atoms with Crippen molar-refractivity contribution in [3.05, 3.63) is 33.9 Å². The molecule has 1 aromatic rings. The number of carbonyl (C=O) groups excluding carboxylic acids is 1. The van der Waals surface area contributed by atoms with Gasteiger partial charge in [-0.05, 0) is 32.4 Å². The summed E-state index contributed by atoms with van der Waals surface area (Å²) < 4.78 is 5.26. The number of nitrogens with one attached hydrogen (secondary N) is 1. The van der Waals surface area contributed by atoms with Crippen molar-refractivity contribution in [1.82, 2.24) is 5.32 Å². The van der Waals surface area contributed by atoms with Gasteiger partial charge in [-0.1, -0.05) is 6.07 Å². The summed E-state index contributed by atoms with van der Waals surface area (Å²) in [5, 5.41) is 13.7. The number of rotatable bonds is 8. The number of ether oxygens (including phenoxy) is 1. The van der Waals surface area contributed by atoms with E-state index in [1.54, 1.807) is 6.92 Å². The average molecular weight is 281 g/mol. The van der Waals surface area contributed by atoms with E-state index in [-0.39, 0.29) is 29.5 Å². The molecule has 0 heterocycles. The normalized spacial score (nSPS) is 10.1. The summed E-state index contributed by atoms with van der Waals surface area (Å²) >= 11 is 0. The molecule has 0 aliphatic rings. The van der Waals surface area contributed by atoms with Crippen LogP contribution in [0.1, 0.15) is 30.1 Å². The number of nitro groups is 1. The van der Waals surface area contributed by atoms with Crippen LogP contribution in [0.15, 0.2) is 18.2 Å². The third-order valence-corrected chi connectivity index (χ3v) is 2.64. The molecule has 0 aliphatic carbocycles. The molecular formula is C13H19N3O4. The number of nitro benzene ring substituents is 1. The maximum absolute atomic E-state index is 12.0. The number of nitrogens with zero attached hydrogens (tertiary/aromatic N) is 1. The molecule has 7 nitrogen and oxygen atoms in total. The van der Waals surface area contributed by atoms with E-state index in [4.69, 9.17) is 10.5 Å². The zero-order valence-electron chi connectivity index (χ0n) is 11.4. The van der Waals surface area contributed by atoms with Gasteiger partial charge >= 0.3 is 5.69 Å². The Balaban J connectivity index is 2.89. The molecule has 1 amide bonds. The average Bonchev–Trinajstić information content (AvgIpc) is 2.43. The summed E-state index contributed by atoms with van der Waals surface area (Å²) in [6.45, 7) is 3.00. The van der Waals surface area contributed by atoms with Crippen molar-refractivity contribution in [2.75, 3.05) is 19.7 Å². The van der Waals surface area contributed by atoms with Crippen LogP contribution in [0, 0.1) is 10.1 Å². The number of carbonyl (C=O) groups is 1. The lowest BCUT2D eigenvalue weighted by molar-refractivity contribution is -0.385. The molecule has 3 N–H and O–H groups in total. The van der Waals surface area contributed by atoms with E-state index in [0.29, 0.717) is 13.1 Å². The van der Waals surface area contributed by atoms with Gasteiger partial charge in [0.05, 0.1) is 17.1 Å². The fraction of sp³-hybridized carbons (Fsp3) is 0.462. The zero-order valence-corrected chi connectivity index (χ0v) is 11.4. The molecule has 110 valence electrons. The predicted molar refractivity (Wildman–Crippen MR) is 74.9 cm³/mol. The minimum atomic E-state index is -0.559. The van der Waals surface area contributed by atoms with Crippen LogP contribution in [-0.2, 0) is 0 Å². The van der Waals surface area contributed by atoms with E-state index in [1.807, 2.05) is 0 Å². The Labute approximate surface area is 117 Å². The maximum Gasteiger partial charge on any atom is 0.311 e. The van der Waals surface area contributed by atoms with E-state index in [9.17, 15) is 14.9 Å². The lowest BCUT2D eigenvalue weighted by Gasteiger charge is -2.10. The Bertz CT molecular complexity index is 477. The van der Waals surface area contributed by atoms with Crippen molar-refractivity contribution in [2.45, 2.75) is 19.8 Å². The van der Waals surface area contributed by atoms with Crippen LogP contribution >= 0.6 is 0 Å². The van der Waals surface area contributed by atoms with Gasteiger partial charge in [0.15, 0.2) is 0 Å². The predicted octanol–water partition coefficient (Wildman–Crippen LogP) is 1.46. The largest absolute Gasteiger partial charge is 0.487 e. The summed E-state index contributed by atoms with van der Waals surface area (Å²) in [4.78, 5) is 22.4. The molecule has 20 heavy (non-hydrogen) atoms. The maximum atomic E-state index is 12.0. The highest BCUT2D eigenvalue weighted by atomic mass is 16.6. The van der Waals surface area contributed by atoms with Crippen molar-refractivity contribution in [3.8, 4) is 5.75 Å². The number of hydrogen-bond acceptors (Lipinski definition) is 5. The van der Waals surface area contributed by atoms with Crippen LogP contribution in [0.25, 0.3) is 0 Å². The highest BCUT2D eigenvalue weighted by Crippen LogP contribution is 2.30. The number of nitrogens with two attached hydrogens (primary N) is 1. The number of unbranched alkanes of at least 4 members (excludes halogenated alkanes) is 1. The third-order valence-electron chi connectivity index (χ3n) is 2.64. The van der Waals surface area contributed by atoms with E-state index in [2.05, 4.69) is 5.32 Å². The second-order valence-corrected chi connectivity index (χ2v) is 4.10. The lowest BCUT2D eigenvalue weighted by atomic mass is 10.1. The molecule has 0 aromatic heterocycles. The first kappa shape index (κ1) is 15.9. The van der Waals surface area contributed by atoms with Crippen LogP contribution in [0.3, 0.4) is 0 Å². The highest BCUT2D eigenvalue weighted by molar-refractivity contribution is 5.98. The van der Waals surface area contributed by atoms with Crippen molar-refractivity contribution >= 4 is 11.6 Å². The number of hydrogen-bond donors (Lipinski definition) is 2. The Hall–Kier alpha value is -2.15. The first-order valence-electron chi connectivity index (χ1n) is 6.50. The van der Waals surface area contributed by atoms with E-state index < -0.39 is 4.92 Å². The standard InChI is InChI=1S/C13H19N3O4/c1-2-20-12-10(6-5-7-11(12)16(18)19)13(17)15-9-4-3-8-14/h5-7H,2-4,8-9,14H2,1H3,(H,15,17). The smallest absolute Gasteiger partial charge is 0.311 e. The summed E-state index contributed by atoms with van der Waals surface area (Å²) in [6, 6.07) is 4.29. The Morgan fingerprint density at radius 2 is 2.20 bits per heavy atom. The number of para-hydroxylation sites is 1. The second kappa shape index (κ2) is 8.11. The van der Waals surface area contributed by atoms with Crippen LogP contribution in [0.2, 0.25) is 0 Å². The molecule has 0 radical (unpaired) electrons. The molecule has 0 saturated carbocycles. The summed E-state index contributed by atoms with van der Waals surface area (Å²) in [5.41, 5.74) is 5.33. The van der Waals surface area contributed by atoms with Crippen LogP contribution in [0.5, 0.6) is 5.75 Å². The minimum Gasteiger partial charge on any atom is -0.487 e. The molecule has 0 saturated heterocycles. The van der Waals surface area contributed by atoms with Gasteiger partial charge in [-0.15, -0.1) is 0 Å². The molecule has 7 heteroatoms.